The summed E-state index contributed by atoms with van der Waals surface area (Å²) in [7, 11) is -0.163. The Bertz CT molecular complexity index is 115. The van der Waals surface area contributed by atoms with Gasteiger partial charge < -0.3 is 0 Å². The Kier molecular flexibility index (Phi) is 13.4. The molecule has 0 aromatic rings. The quantitative estimate of drug-likeness (QED) is 0.304. The minimum absolute atomic E-state index is 0.163. The summed E-state index contributed by atoms with van der Waals surface area (Å²) in [6.07, 6.45) is 15.5. The lowest BCUT2D eigenvalue weighted by atomic mass is 10.1. The van der Waals surface area contributed by atoms with Gasteiger partial charge in [0, 0.05) is 0 Å². The first-order valence-corrected chi connectivity index (χ1v) is 9.52. The van der Waals surface area contributed by atoms with E-state index < -0.39 is 0 Å². The zero-order valence-corrected chi connectivity index (χ0v) is 12.3. The second kappa shape index (κ2) is 12.8. The zero-order chi connectivity index (χ0) is 11.4. The van der Waals surface area contributed by atoms with Crippen molar-refractivity contribution in [1.82, 2.24) is 0 Å². The standard InChI is InChI=1S/C13H28ClP/c1-3-4-5-6-7-8-9-10-11-12-13-15(2)14/h3-13H2,1-2H3. The molecule has 0 spiro atoms. The van der Waals surface area contributed by atoms with Crippen LogP contribution in [0.3, 0.4) is 0 Å². The third-order valence-corrected chi connectivity index (χ3v) is 4.26. The maximum absolute atomic E-state index is 5.95. The summed E-state index contributed by atoms with van der Waals surface area (Å²) in [5, 5.41) is 0. The summed E-state index contributed by atoms with van der Waals surface area (Å²) in [4.78, 5) is 0. The Hall–Kier alpha value is 0.720. The van der Waals surface area contributed by atoms with Crippen molar-refractivity contribution in [3.8, 4) is 0 Å². The van der Waals surface area contributed by atoms with E-state index in [-0.39, 0.29) is 7.27 Å². The highest BCUT2D eigenvalue weighted by Gasteiger charge is 1.95. The van der Waals surface area contributed by atoms with Crippen LogP contribution in [0, 0.1) is 0 Å². The molecular weight excluding hydrogens is 223 g/mol. The third kappa shape index (κ3) is 14.7. The average molecular weight is 251 g/mol. The third-order valence-electron chi connectivity index (χ3n) is 2.82. The Labute approximate surface area is 103 Å². The van der Waals surface area contributed by atoms with E-state index in [1.165, 1.54) is 70.4 Å². The van der Waals surface area contributed by atoms with Crippen LogP contribution in [-0.4, -0.2) is 12.8 Å². The van der Waals surface area contributed by atoms with Crippen molar-refractivity contribution in [2.75, 3.05) is 12.8 Å². The van der Waals surface area contributed by atoms with Crippen LogP contribution >= 0.6 is 18.5 Å². The molecule has 92 valence electrons. The van der Waals surface area contributed by atoms with Crippen molar-refractivity contribution in [2.45, 2.75) is 71.1 Å². The van der Waals surface area contributed by atoms with Crippen LogP contribution in [-0.2, 0) is 0 Å². The Morgan fingerprint density at radius 3 is 1.53 bits per heavy atom. The molecule has 0 aromatic heterocycles. The van der Waals surface area contributed by atoms with E-state index in [0.717, 1.165) is 0 Å². The van der Waals surface area contributed by atoms with Gasteiger partial charge in [0.15, 0.2) is 0 Å². The number of halogens is 1. The topological polar surface area (TPSA) is 0 Å². The molecule has 0 fully saturated rings. The Morgan fingerprint density at radius 2 is 1.13 bits per heavy atom. The fourth-order valence-electron chi connectivity index (χ4n) is 1.82. The number of hydrogen-bond donors (Lipinski definition) is 0. The van der Waals surface area contributed by atoms with Gasteiger partial charge in [-0.05, 0) is 26.5 Å². The average Bonchev–Trinajstić information content (AvgIpc) is 2.20. The molecule has 0 bridgehead atoms. The largest absolute Gasteiger partial charge is 0.0967 e. The van der Waals surface area contributed by atoms with Crippen molar-refractivity contribution in [3.05, 3.63) is 0 Å². The van der Waals surface area contributed by atoms with Gasteiger partial charge in [0.2, 0.25) is 0 Å². The van der Waals surface area contributed by atoms with Gasteiger partial charge in [0.1, 0.15) is 0 Å². The SMILES string of the molecule is CCCCCCCCCCCCP(C)Cl. The van der Waals surface area contributed by atoms with Gasteiger partial charge in [-0.15, -0.1) is 0 Å². The van der Waals surface area contributed by atoms with Gasteiger partial charge in [-0.2, -0.15) is 0 Å². The summed E-state index contributed by atoms with van der Waals surface area (Å²) in [6.45, 7) is 4.43. The summed E-state index contributed by atoms with van der Waals surface area (Å²) in [5.41, 5.74) is 0. The molecule has 2 heteroatoms. The second-order valence-corrected chi connectivity index (χ2v) is 7.90. The molecule has 0 amide bonds. The molecule has 0 saturated carbocycles. The first-order valence-electron chi connectivity index (χ1n) is 6.64. The van der Waals surface area contributed by atoms with Gasteiger partial charge in [-0.1, -0.05) is 76.0 Å². The maximum Gasteiger partial charge on any atom is -0.0129 e. The zero-order valence-electron chi connectivity index (χ0n) is 10.6. The van der Waals surface area contributed by atoms with Crippen molar-refractivity contribution in [2.24, 2.45) is 0 Å². The van der Waals surface area contributed by atoms with Crippen LogP contribution < -0.4 is 0 Å². The van der Waals surface area contributed by atoms with E-state index in [4.69, 9.17) is 11.2 Å². The van der Waals surface area contributed by atoms with Crippen LogP contribution in [0.1, 0.15) is 71.1 Å². The molecule has 15 heavy (non-hydrogen) atoms. The van der Waals surface area contributed by atoms with Crippen molar-refractivity contribution in [1.29, 1.82) is 0 Å². The Balaban J connectivity index is 2.87. The molecular formula is C13H28ClP. The Morgan fingerprint density at radius 1 is 0.733 bits per heavy atom. The van der Waals surface area contributed by atoms with E-state index in [0.29, 0.717) is 0 Å². The van der Waals surface area contributed by atoms with Crippen LogP contribution in [0.5, 0.6) is 0 Å². The van der Waals surface area contributed by atoms with E-state index in [1.807, 2.05) is 0 Å². The molecule has 0 nitrogen and oxygen atoms in total. The molecule has 1 unspecified atom stereocenters. The van der Waals surface area contributed by atoms with Gasteiger partial charge >= 0.3 is 0 Å². The molecule has 0 aliphatic rings. The summed E-state index contributed by atoms with van der Waals surface area (Å²) in [5.74, 6) is 0. The van der Waals surface area contributed by atoms with Gasteiger partial charge in [-0.25, -0.2) is 0 Å². The molecule has 0 aliphatic heterocycles. The second-order valence-electron chi connectivity index (χ2n) is 4.51. The normalized spacial score (nSPS) is 13.0. The molecule has 0 aromatic carbocycles. The van der Waals surface area contributed by atoms with Crippen molar-refractivity contribution < 1.29 is 0 Å². The van der Waals surface area contributed by atoms with E-state index in [9.17, 15) is 0 Å². The molecule has 0 rings (SSSR count). The summed E-state index contributed by atoms with van der Waals surface area (Å²) < 4.78 is 0. The van der Waals surface area contributed by atoms with Crippen LogP contribution in [0.15, 0.2) is 0 Å². The lowest BCUT2D eigenvalue weighted by molar-refractivity contribution is 0.563. The highest BCUT2D eigenvalue weighted by atomic mass is 35.7. The van der Waals surface area contributed by atoms with E-state index in [2.05, 4.69) is 13.6 Å². The molecule has 0 heterocycles. The fourth-order valence-corrected chi connectivity index (χ4v) is 2.84. The monoisotopic (exact) mass is 250 g/mol. The van der Waals surface area contributed by atoms with Gasteiger partial charge in [-0.3, -0.25) is 0 Å². The van der Waals surface area contributed by atoms with Crippen molar-refractivity contribution in [3.63, 3.8) is 0 Å². The molecule has 0 aliphatic carbocycles. The molecule has 0 radical (unpaired) electrons. The van der Waals surface area contributed by atoms with Crippen LogP contribution in [0.4, 0.5) is 0 Å². The predicted octanol–water partition coefficient (Wildman–Crippen LogP) is 6.17. The highest BCUT2D eigenvalue weighted by molar-refractivity contribution is 7.83. The molecule has 0 N–H and O–H groups in total. The lowest BCUT2D eigenvalue weighted by Crippen LogP contribution is -1.83. The highest BCUT2D eigenvalue weighted by Crippen LogP contribution is 2.37. The molecule has 1 atom stereocenters. The number of unbranched alkanes of at least 4 members (excludes halogenated alkanes) is 9. The maximum atomic E-state index is 5.95. The van der Waals surface area contributed by atoms with Gasteiger partial charge in [0.05, 0.1) is 0 Å². The van der Waals surface area contributed by atoms with Crippen molar-refractivity contribution >= 4 is 18.5 Å². The molecule has 0 saturated heterocycles. The van der Waals surface area contributed by atoms with E-state index in [1.54, 1.807) is 0 Å². The summed E-state index contributed by atoms with van der Waals surface area (Å²) >= 11 is 5.95. The fraction of sp³-hybridized carbons (Fsp3) is 1.00. The number of rotatable bonds is 11. The first kappa shape index (κ1) is 15.7. The van der Waals surface area contributed by atoms with Crippen LogP contribution in [0.25, 0.3) is 0 Å². The summed E-state index contributed by atoms with van der Waals surface area (Å²) in [6, 6.07) is 0. The first-order chi connectivity index (χ1) is 7.27. The smallest absolute Gasteiger partial charge is 0.0129 e. The minimum atomic E-state index is -0.163. The lowest BCUT2D eigenvalue weighted by Gasteiger charge is -2.03. The predicted molar refractivity (Wildman–Crippen MR) is 75.4 cm³/mol. The minimum Gasteiger partial charge on any atom is -0.0967 e. The van der Waals surface area contributed by atoms with E-state index >= 15 is 0 Å². The van der Waals surface area contributed by atoms with Crippen LogP contribution in [0.2, 0.25) is 0 Å². The van der Waals surface area contributed by atoms with Gasteiger partial charge in [0.25, 0.3) is 0 Å². The number of hydrogen-bond acceptors (Lipinski definition) is 0.